The molecule has 10 aromatic carbocycles. The van der Waals surface area contributed by atoms with E-state index in [1.807, 2.05) is 22.7 Å². The first-order valence-electron chi connectivity index (χ1n) is 20.1. The van der Waals surface area contributed by atoms with Gasteiger partial charge in [0.1, 0.15) is 0 Å². The van der Waals surface area contributed by atoms with Crippen LogP contribution in [0, 0.1) is 0 Å². The lowest BCUT2D eigenvalue weighted by Gasteiger charge is -2.26. The first-order chi connectivity index (χ1) is 29.2. The van der Waals surface area contributed by atoms with Crippen LogP contribution in [0.2, 0.25) is 0 Å². The van der Waals surface area contributed by atoms with E-state index >= 15 is 0 Å². The lowest BCUT2D eigenvalue weighted by Crippen LogP contribution is -2.10. The average molecular weight is 786 g/mol. The van der Waals surface area contributed by atoms with E-state index in [4.69, 9.17) is 0 Å². The molecule has 0 bridgehead atoms. The summed E-state index contributed by atoms with van der Waals surface area (Å²) >= 11 is 3.77. The second-order valence-electron chi connectivity index (χ2n) is 15.2. The molecular formula is C56H35NS2. The molecule has 1 nitrogen and oxygen atoms in total. The molecule has 0 fully saturated rings. The van der Waals surface area contributed by atoms with Crippen LogP contribution in [0.1, 0.15) is 0 Å². The summed E-state index contributed by atoms with van der Waals surface area (Å²) < 4.78 is 5.24. The summed E-state index contributed by atoms with van der Waals surface area (Å²) in [5, 5.41) is 10.3. The Morgan fingerprint density at radius 2 is 0.797 bits per heavy atom. The first-order valence-corrected chi connectivity index (χ1v) is 21.7. The van der Waals surface area contributed by atoms with E-state index in [0.29, 0.717) is 0 Å². The van der Waals surface area contributed by atoms with Crippen LogP contribution in [0.5, 0.6) is 0 Å². The molecule has 0 unspecified atom stereocenters. The van der Waals surface area contributed by atoms with Gasteiger partial charge in [0.15, 0.2) is 0 Å². The summed E-state index contributed by atoms with van der Waals surface area (Å²) in [6.07, 6.45) is 0. The summed E-state index contributed by atoms with van der Waals surface area (Å²) in [5.74, 6) is 0. The summed E-state index contributed by atoms with van der Waals surface area (Å²) in [6.45, 7) is 0. The minimum Gasteiger partial charge on any atom is -0.309 e. The van der Waals surface area contributed by atoms with Crippen molar-refractivity contribution in [1.29, 1.82) is 0 Å². The molecule has 0 radical (unpaired) electrons. The molecule has 0 saturated carbocycles. The Morgan fingerprint density at radius 3 is 1.54 bits per heavy atom. The lowest BCUT2D eigenvalue weighted by atomic mass is 9.97. The molecule has 2 aromatic heterocycles. The molecule has 59 heavy (non-hydrogen) atoms. The van der Waals surface area contributed by atoms with Crippen LogP contribution in [0.3, 0.4) is 0 Å². The van der Waals surface area contributed by atoms with Gasteiger partial charge in [0.05, 0.1) is 10.4 Å². The van der Waals surface area contributed by atoms with Crippen LogP contribution in [-0.4, -0.2) is 0 Å². The Hall–Kier alpha value is -7.04. The highest BCUT2D eigenvalue weighted by Gasteiger charge is 2.20. The lowest BCUT2D eigenvalue weighted by molar-refractivity contribution is 1.30. The van der Waals surface area contributed by atoms with Crippen molar-refractivity contribution in [2.24, 2.45) is 0 Å². The maximum absolute atomic E-state index is 2.45. The van der Waals surface area contributed by atoms with Crippen molar-refractivity contribution in [2.45, 2.75) is 0 Å². The Balaban J connectivity index is 1.01. The first kappa shape index (κ1) is 34.0. The van der Waals surface area contributed by atoms with Crippen molar-refractivity contribution >= 4 is 102 Å². The number of benzene rings is 10. The van der Waals surface area contributed by atoms with Gasteiger partial charge in [0.25, 0.3) is 0 Å². The van der Waals surface area contributed by atoms with Gasteiger partial charge in [0, 0.05) is 47.0 Å². The van der Waals surface area contributed by atoms with E-state index in [2.05, 4.69) is 217 Å². The van der Waals surface area contributed by atoms with Gasteiger partial charge in [-0.15, -0.1) is 22.7 Å². The molecule has 0 atom stereocenters. The quantitative estimate of drug-likeness (QED) is 0.152. The molecule has 0 N–H and O–H groups in total. The number of thiophene rings is 2. The van der Waals surface area contributed by atoms with Crippen LogP contribution < -0.4 is 4.90 Å². The maximum atomic E-state index is 2.45. The number of hydrogen-bond donors (Lipinski definition) is 0. The smallest absolute Gasteiger partial charge is 0.0640 e. The Bertz CT molecular complexity index is 3540. The second-order valence-corrected chi connectivity index (χ2v) is 17.3. The van der Waals surface area contributed by atoms with E-state index in [1.165, 1.54) is 101 Å². The van der Waals surface area contributed by atoms with E-state index in [1.54, 1.807) is 0 Å². The number of rotatable bonds is 6. The van der Waals surface area contributed by atoms with E-state index < -0.39 is 0 Å². The third-order valence-corrected chi connectivity index (χ3v) is 14.4. The monoisotopic (exact) mass is 785 g/mol. The van der Waals surface area contributed by atoms with Gasteiger partial charge >= 0.3 is 0 Å². The molecule has 0 aliphatic carbocycles. The Kier molecular flexibility index (Phi) is 7.97. The number of fused-ring (bicyclic) bond motifs is 9. The van der Waals surface area contributed by atoms with Crippen LogP contribution in [0.15, 0.2) is 212 Å². The second kappa shape index (κ2) is 13.8. The highest BCUT2D eigenvalue weighted by atomic mass is 32.1. The minimum atomic E-state index is 1.12. The molecule has 0 aliphatic rings. The van der Waals surface area contributed by atoms with E-state index in [0.717, 1.165) is 11.4 Å². The van der Waals surface area contributed by atoms with Crippen LogP contribution in [-0.2, 0) is 0 Å². The van der Waals surface area contributed by atoms with Gasteiger partial charge in [-0.05, 0) is 97.4 Å². The molecule has 0 saturated heterocycles. The molecule has 12 aromatic rings. The van der Waals surface area contributed by atoms with Crippen molar-refractivity contribution in [3.8, 4) is 33.4 Å². The zero-order chi connectivity index (χ0) is 38.9. The molecule has 12 rings (SSSR count). The van der Waals surface area contributed by atoms with Crippen molar-refractivity contribution in [3.63, 3.8) is 0 Å². The Labute approximate surface area is 350 Å². The Morgan fingerprint density at radius 1 is 0.288 bits per heavy atom. The molecule has 3 heteroatoms. The van der Waals surface area contributed by atoms with E-state index in [-0.39, 0.29) is 0 Å². The normalized spacial score (nSPS) is 11.7. The molecule has 2 heterocycles. The molecule has 0 spiro atoms. The predicted molar refractivity (Wildman–Crippen MR) is 258 cm³/mol. The van der Waals surface area contributed by atoms with Gasteiger partial charge in [-0.3, -0.25) is 0 Å². The summed E-state index contributed by atoms with van der Waals surface area (Å²) in [5.41, 5.74) is 10.8. The maximum Gasteiger partial charge on any atom is 0.0640 e. The summed E-state index contributed by atoms with van der Waals surface area (Å²) in [6, 6.07) is 78.1. The summed E-state index contributed by atoms with van der Waals surface area (Å²) in [4.78, 5) is 2.45. The number of anilines is 3. The minimum absolute atomic E-state index is 1.12. The van der Waals surface area contributed by atoms with Gasteiger partial charge in [-0.2, -0.15) is 0 Å². The highest BCUT2D eigenvalue weighted by molar-refractivity contribution is 7.27. The van der Waals surface area contributed by atoms with Crippen LogP contribution in [0.4, 0.5) is 17.1 Å². The molecular weight excluding hydrogens is 751 g/mol. The van der Waals surface area contributed by atoms with Crippen molar-refractivity contribution in [3.05, 3.63) is 212 Å². The van der Waals surface area contributed by atoms with Gasteiger partial charge in [-0.25, -0.2) is 0 Å². The van der Waals surface area contributed by atoms with Crippen molar-refractivity contribution < 1.29 is 0 Å². The zero-order valence-corrected chi connectivity index (χ0v) is 33.6. The zero-order valence-electron chi connectivity index (χ0n) is 32.0. The van der Waals surface area contributed by atoms with Crippen molar-refractivity contribution in [2.75, 3.05) is 4.90 Å². The van der Waals surface area contributed by atoms with Crippen LogP contribution in [0.25, 0.3) is 95.3 Å². The topological polar surface area (TPSA) is 3.24 Å². The third-order valence-electron chi connectivity index (χ3n) is 11.9. The largest absolute Gasteiger partial charge is 0.309 e. The van der Waals surface area contributed by atoms with Crippen molar-refractivity contribution in [1.82, 2.24) is 0 Å². The predicted octanol–water partition coefficient (Wildman–Crippen LogP) is 17.2. The highest BCUT2D eigenvalue weighted by Crippen LogP contribution is 2.48. The number of nitrogens with zero attached hydrogens (tertiary/aromatic N) is 1. The van der Waals surface area contributed by atoms with Crippen LogP contribution >= 0.6 is 22.7 Å². The molecule has 0 amide bonds. The van der Waals surface area contributed by atoms with Gasteiger partial charge in [-0.1, -0.05) is 170 Å². The van der Waals surface area contributed by atoms with E-state index in [9.17, 15) is 0 Å². The standard InChI is InChI=1S/C56H35NS2/c1-2-11-37(12-3-1)45-16-9-19-49-50-20-10-21-52(56(50)59-55(45)49)57(43-33-29-39(30-34-43)46-17-8-18-48-47-15-6-7-22-53(47)58-54(46)48)42-31-27-36(28-32-42)41-26-25-40-24-23-38-13-4-5-14-44(38)51(40)35-41/h1-35H. The average Bonchev–Trinajstić information content (AvgIpc) is 3.89. The fourth-order valence-electron chi connectivity index (χ4n) is 9.00. The number of hydrogen-bond acceptors (Lipinski definition) is 3. The summed E-state index contributed by atoms with van der Waals surface area (Å²) in [7, 11) is 0. The van der Waals surface area contributed by atoms with Gasteiger partial charge in [0.2, 0.25) is 0 Å². The SMILES string of the molecule is c1ccc(-c2cccc3c2sc2c(N(c4ccc(-c5ccc6ccc7ccccc7c6c5)cc4)c4ccc(-c5cccc6c5sc5ccccc56)cc4)cccc23)cc1. The fraction of sp³-hybridized carbons (Fsp3) is 0. The molecule has 0 aliphatic heterocycles. The van der Waals surface area contributed by atoms with Gasteiger partial charge < -0.3 is 4.90 Å². The molecule has 276 valence electrons. The fourth-order valence-corrected chi connectivity index (χ4v) is 11.6. The third kappa shape index (κ3) is 5.66.